The van der Waals surface area contributed by atoms with Crippen LogP contribution in [0.3, 0.4) is 0 Å². The highest BCUT2D eigenvalue weighted by atomic mass is 79.9. The van der Waals surface area contributed by atoms with E-state index in [-0.39, 0.29) is 6.61 Å². The van der Waals surface area contributed by atoms with Crippen molar-refractivity contribution in [2.45, 2.75) is 13.5 Å². The number of halogens is 1. The fourth-order valence-electron chi connectivity index (χ4n) is 1.29. The second-order valence-electron chi connectivity index (χ2n) is 3.61. The lowest BCUT2D eigenvalue weighted by Crippen LogP contribution is -2.07. The van der Waals surface area contributed by atoms with Crippen molar-refractivity contribution in [1.82, 2.24) is 10.3 Å². The molecule has 0 aliphatic carbocycles. The summed E-state index contributed by atoms with van der Waals surface area (Å²) in [5.41, 5.74) is 7.55. The first-order chi connectivity index (χ1) is 8.58. The van der Waals surface area contributed by atoms with E-state index in [1.54, 1.807) is 25.1 Å². The van der Waals surface area contributed by atoms with Crippen LogP contribution in [0.1, 0.15) is 21.7 Å². The van der Waals surface area contributed by atoms with E-state index >= 15 is 0 Å². The van der Waals surface area contributed by atoms with E-state index in [1.165, 1.54) is 0 Å². The number of aryl methyl sites for hydroxylation is 1. The van der Waals surface area contributed by atoms with Gasteiger partial charge in [0.15, 0.2) is 0 Å². The summed E-state index contributed by atoms with van der Waals surface area (Å²) >= 11 is 3.26. The number of aromatic nitrogens is 2. The van der Waals surface area contributed by atoms with Gasteiger partial charge in [-0.15, -0.1) is 0 Å². The molecule has 0 atom stereocenters. The predicted octanol–water partition coefficient (Wildman–Crippen LogP) is 2.08. The summed E-state index contributed by atoms with van der Waals surface area (Å²) in [6.07, 6.45) is 0. The molecule has 0 bridgehead atoms. The molecule has 0 unspecified atom stereocenters. The number of ether oxygens (including phenoxy) is 1. The van der Waals surface area contributed by atoms with Crippen molar-refractivity contribution in [3.8, 4) is 0 Å². The lowest BCUT2D eigenvalue weighted by atomic mass is 10.2. The maximum atomic E-state index is 11.8. The first-order valence-corrected chi connectivity index (χ1v) is 5.87. The smallest absolute Gasteiger partial charge is 0.339 e. The molecule has 0 radical (unpaired) electrons. The molecule has 7 heteroatoms. The molecule has 0 amide bonds. The Kier molecular flexibility index (Phi) is 3.61. The monoisotopic (exact) mass is 311 g/mol. The van der Waals surface area contributed by atoms with Gasteiger partial charge in [-0.3, -0.25) is 0 Å². The second-order valence-corrected chi connectivity index (χ2v) is 4.47. The Hall–Kier alpha value is -1.89. The van der Waals surface area contributed by atoms with Gasteiger partial charge in [0.05, 0.1) is 5.56 Å². The molecule has 0 spiro atoms. The second kappa shape index (κ2) is 5.18. The summed E-state index contributed by atoms with van der Waals surface area (Å²) < 4.78 is 10.2. The number of carbonyl (C=O) groups excluding carboxylic acids is 1. The maximum Gasteiger partial charge on any atom is 0.339 e. The highest BCUT2D eigenvalue weighted by Crippen LogP contribution is 2.20. The minimum absolute atomic E-state index is 0.00933. The molecule has 0 aliphatic rings. The van der Waals surface area contributed by atoms with E-state index in [9.17, 15) is 4.79 Å². The summed E-state index contributed by atoms with van der Waals surface area (Å²) in [5, 5.41) is 7.21. The fraction of sp³-hybridized carbons (Fsp3) is 0.182. The Morgan fingerprint density at radius 1 is 1.50 bits per heavy atom. The largest absolute Gasteiger partial charge is 0.455 e. The lowest BCUT2D eigenvalue weighted by molar-refractivity contribution is 0.0462. The van der Waals surface area contributed by atoms with E-state index in [0.717, 1.165) is 0 Å². The zero-order valence-electron chi connectivity index (χ0n) is 9.51. The van der Waals surface area contributed by atoms with Gasteiger partial charge in [0.1, 0.15) is 18.0 Å². The van der Waals surface area contributed by atoms with E-state index in [2.05, 4.69) is 30.9 Å². The van der Waals surface area contributed by atoms with Crippen LogP contribution in [0.2, 0.25) is 0 Å². The first-order valence-electron chi connectivity index (χ1n) is 5.08. The number of rotatable bonds is 3. The van der Waals surface area contributed by atoms with Crippen molar-refractivity contribution < 1.29 is 14.2 Å². The molecular weight excluding hydrogens is 302 g/mol. The van der Waals surface area contributed by atoms with Gasteiger partial charge < -0.3 is 10.5 Å². The number of esters is 1. The molecule has 94 valence electrons. The number of anilines is 1. The molecule has 0 saturated carbocycles. The van der Waals surface area contributed by atoms with Gasteiger partial charge >= 0.3 is 5.97 Å². The number of benzene rings is 1. The number of hydrogen-bond donors (Lipinski definition) is 1. The van der Waals surface area contributed by atoms with Crippen LogP contribution >= 0.6 is 15.9 Å². The summed E-state index contributed by atoms with van der Waals surface area (Å²) in [6, 6.07) is 4.92. The normalized spacial score (nSPS) is 10.3. The van der Waals surface area contributed by atoms with Crippen LogP contribution in [0.4, 0.5) is 5.69 Å². The van der Waals surface area contributed by atoms with Crippen LogP contribution in [0, 0.1) is 6.92 Å². The number of nitrogen functional groups attached to an aromatic ring is 1. The molecule has 0 fully saturated rings. The summed E-state index contributed by atoms with van der Waals surface area (Å²) in [6.45, 7) is 1.73. The molecule has 0 saturated heterocycles. The Balaban J connectivity index is 2.08. The minimum Gasteiger partial charge on any atom is -0.455 e. The molecule has 18 heavy (non-hydrogen) atoms. The van der Waals surface area contributed by atoms with Crippen molar-refractivity contribution in [3.63, 3.8) is 0 Å². The van der Waals surface area contributed by atoms with Crippen LogP contribution in [0.25, 0.3) is 0 Å². The number of nitrogens with zero attached hydrogens (tertiary/aromatic N) is 2. The van der Waals surface area contributed by atoms with Crippen LogP contribution in [0.5, 0.6) is 0 Å². The molecule has 1 heterocycles. The number of hydrogen-bond acceptors (Lipinski definition) is 6. The summed E-state index contributed by atoms with van der Waals surface area (Å²) in [5.74, 6) is -0.489. The standard InChI is InChI=1S/C11H10BrN3O3/c1-6-10(15-18-14-6)5-17-11(16)8-4-7(13)2-3-9(8)12/h2-4H,5,13H2,1H3. The average molecular weight is 312 g/mol. The van der Waals surface area contributed by atoms with Crippen molar-refractivity contribution in [2.75, 3.05) is 5.73 Å². The zero-order chi connectivity index (χ0) is 13.1. The fourth-order valence-corrected chi connectivity index (χ4v) is 1.70. The Bertz CT molecular complexity index is 583. The third-order valence-electron chi connectivity index (χ3n) is 2.30. The van der Waals surface area contributed by atoms with E-state index in [4.69, 9.17) is 10.5 Å². The van der Waals surface area contributed by atoms with E-state index in [1.807, 2.05) is 0 Å². The third-order valence-corrected chi connectivity index (χ3v) is 2.99. The quantitative estimate of drug-likeness (QED) is 0.689. The van der Waals surface area contributed by atoms with Crippen molar-refractivity contribution in [1.29, 1.82) is 0 Å². The van der Waals surface area contributed by atoms with E-state index in [0.29, 0.717) is 27.1 Å². The molecule has 1 aromatic carbocycles. The van der Waals surface area contributed by atoms with Gasteiger partial charge in [-0.2, -0.15) is 0 Å². The molecule has 2 aromatic rings. The van der Waals surface area contributed by atoms with Gasteiger partial charge in [-0.05, 0) is 41.1 Å². The van der Waals surface area contributed by atoms with Gasteiger partial charge in [-0.25, -0.2) is 9.42 Å². The zero-order valence-corrected chi connectivity index (χ0v) is 11.1. The molecule has 6 nitrogen and oxygen atoms in total. The topological polar surface area (TPSA) is 91.2 Å². The van der Waals surface area contributed by atoms with Gasteiger partial charge in [-0.1, -0.05) is 10.3 Å². The molecule has 2 N–H and O–H groups in total. The van der Waals surface area contributed by atoms with Crippen molar-refractivity contribution >= 4 is 27.6 Å². The number of nitrogens with two attached hydrogens (primary N) is 1. The molecule has 0 aliphatic heterocycles. The highest BCUT2D eigenvalue weighted by Gasteiger charge is 2.14. The minimum atomic E-state index is -0.489. The highest BCUT2D eigenvalue weighted by molar-refractivity contribution is 9.10. The van der Waals surface area contributed by atoms with Crippen LogP contribution in [-0.4, -0.2) is 16.3 Å². The Morgan fingerprint density at radius 3 is 2.94 bits per heavy atom. The number of carbonyl (C=O) groups is 1. The molecule has 1 aromatic heterocycles. The van der Waals surface area contributed by atoms with Crippen LogP contribution in [0.15, 0.2) is 27.3 Å². The maximum absolute atomic E-state index is 11.8. The van der Waals surface area contributed by atoms with Crippen LogP contribution in [-0.2, 0) is 11.3 Å². The Labute approximate surface area is 111 Å². The predicted molar refractivity (Wildman–Crippen MR) is 66.7 cm³/mol. The lowest BCUT2D eigenvalue weighted by Gasteiger charge is -2.05. The molecular formula is C11H10BrN3O3. The van der Waals surface area contributed by atoms with E-state index < -0.39 is 5.97 Å². The van der Waals surface area contributed by atoms with Gasteiger partial charge in [0.25, 0.3) is 0 Å². The van der Waals surface area contributed by atoms with Crippen LogP contribution < -0.4 is 5.73 Å². The van der Waals surface area contributed by atoms with Crippen molar-refractivity contribution in [3.05, 3.63) is 39.6 Å². The van der Waals surface area contributed by atoms with Gasteiger partial charge in [0.2, 0.25) is 0 Å². The first kappa shape index (κ1) is 12.6. The molecule has 2 rings (SSSR count). The van der Waals surface area contributed by atoms with Gasteiger partial charge in [0, 0.05) is 10.2 Å². The van der Waals surface area contributed by atoms with Crippen molar-refractivity contribution in [2.24, 2.45) is 0 Å². The summed E-state index contributed by atoms with van der Waals surface area (Å²) in [4.78, 5) is 11.8. The SMILES string of the molecule is Cc1nonc1COC(=O)c1cc(N)ccc1Br. The Morgan fingerprint density at radius 2 is 2.28 bits per heavy atom. The average Bonchev–Trinajstić information content (AvgIpc) is 2.75. The summed E-state index contributed by atoms with van der Waals surface area (Å²) in [7, 11) is 0. The third kappa shape index (κ3) is 2.67.